The van der Waals surface area contributed by atoms with Crippen molar-refractivity contribution in [3.05, 3.63) is 34.3 Å². The second-order valence-electron chi connectivity index (χ2n) is 2.93. The standard InChI is InChI=1S/C10H13BrN4/c1-2-9(14-15-10(12)13)7-3-5-8(11)6-4-7/h3-6H,2H2,1H3,(H4,12,13,15). The molecular weight excluding hydrogens is 256 g/mol. The highest BCUT2D eigenvalue weighted by atomic mass is 79.9. The molecular formula is C10H13BrN4. The molecule has 5 heteroatoms. The highest BCUT2D eigenvalue weighted by molar-refractivity contribution is 9.10. The first kappa shape index (κ1) is 11.7. The van der Waals surface area contributed by atoms with Gasteiger partial charge in [0, 0.05) is 4.47 Å². The van der Waals surface area contributed by atoms with Gasteiger partial charge in [-0.15, -0.1) is 5.10 Å². The van der Waals surface area contributed by atoms with Crippen molar-refractivity contribution in [1.82, 2.24) is 0 Å². The summed E-state index contributed by atoms with van der Waals surface area (Å²) in [5.41, 5.74) is 12.3. The van der Waals surface area contributed by atoms with Crippen LogP contribution in [0.4, 0.5) is 0 Å². The van der Waals surface area contributed by atoms with Gasteiger partial charge < -0.3 is 11.5 Å². The van der Waals surface area contributed by atoms with Crippen LogP contribution in [0.5, 0.6) is 0 Å². The monoisotopic (exact) mass is 268 g/mol. The predicted octanol–water partition coefficient (Wildman–Crippen LogP) is 1.84. The van der Waals surface area contributed by atoms with E-state index in [1.807, 2.05) is 31.2 Å². The van der Waals surface area contributed by atoms with E-state index in [-0.39, 0.29) is 5.96 Å². The number of hydrogen-bond donors (Lipinski definition) is 2. The van der Waals surface area contributed by atoms with Gasteiger partial charge in [-0.2, -0.15) is 5.10 Å². The molecule has 0 fully saturated rings. The molecule has 1 aromatic carbocycles. The zero-order valence-electron chi connectivity index (χ0n) is 8.44. The van der Waals surface area contributed by atoms with Gasteiger partial charge in [0.05, 0.1) is 5.71 Å². The normalized spacial score (nSPS) is 11.2. The molecule has 0 saturated carbocycles. The summed E-state index contributed by atoms with van der Waals surface area (Å²) in [6.07, 6.45) is 0.776. The summed E-state index contributed by atoms with van der Waals surface area (Å²) in [5, 5.41) is 7.62. The molecule has 4 N–H and O–H groups in total. The van der Waals surface area contributed by atoms with Crippen LogP contribution in [0.3, 0.4) is 0 Å². The number of halogens is 1. The van der Waals surface area contributed by atoms with Crippen molar-refractivity contribution in [3.63, 3.8) is 0 Å². The van der Waals surface area contributed by atoms with Gasteiger partial charge in [0.1, 0.15) is 0 Å². The molecule has 0 amide bonds. The Morgan fingerprint density at radius 2 is 1.80 bits per heavy atom. The number of nitrogens with two attached hydrogens (primary N) is 2. The second kappa shape index (κ2) is 5.50. The Kier molecular flexibility index (Phi) is 4.30. The largest absolute Gasteiger partial charge is 0.369 e. The highest BCUT2D eigenvalue weighted by Gasteiger charge is 2.00. The summed E-state index contributed by atoms with van der Waals surface area (Å²) in [6, 6.07) is 7.84. The Morgan fingerprint density at radius 3 is 2.27 bits per heavy atom. The molecule has 1 aromatic rings. The fourth-order valence-electron chi connectivity index (χ4n) is 1.09. The van der Waals surface area contributed by atoms with Crippen molar-refractivity contribution in [2.75, 3.05) is 0 Å². The smallest absolute Gasteiger partial charge is 0.211 e. The van der Waals surface area contributed by atoms with Crippen molar-refractivity contribution in [3.8, 4) is 0 Å². The molecule has 0 spiro atoms. The minimum atomic E-state index is -0.0296. The van der Waals surface area contributed by atoms with Crippen molar-refractivity contribution in [2.24, 2.45) is 21.7 Å². The molecule has 0 unspecified atom stereocenters. The average Bonchev–Trinajstić information content (AvgIpc) is 2.21. The van der Waals surface area contributed by atoms with Crippen LogP contribution in [0.15, 0.2) is 38.9 Å². The molecule has 0 saturated heterocycles. The number of hydrogen-bond acceptors (Lipinski definition) is 2. The van der Waals surface area contributed by atoms with Crippen molar-refractivity contribution >= 4 is 27.6 Å². The van der Waals surface area contributed by atoms with Crippen LogP contribution in [0.2, 0.25) is 0 Å². The molecule has 0 aliphatic heterocycles. The first-order valence-corrected chi connectivity index (χ1v) is 5.34. The Morgan fingerprint density at radius 1 is 1.20 bits per heavy atom. The maximum Gasteiger partial charge on any atom is 0.211 e. The average molecular weight is 269 g/mol. The van der Waals surface area contributed by atoms with Gasteiger partial charge in [-0.25, -0.2) is 0 Å². The summed E-state index contributed by atoms with van der Waals surface area (Å²) in [4.78, 5) is 0. The summed E-state index contributed by atoms with van der Waals surface area (Å²) in [7, 11) is 0. The lowest BCUT2D eigenvalue weighted by atomic mass is 10.1. The Balaban J connectivity index is 2.97. The number of nitrogens with zero attached hydrogens (tertiary/aromatic N) is 2. The van der Waals surface area contributed by atoms with Gasteiger partial charge >= 0.3 is 0 Å². The van der Waals surface area contributed by atoms with Gasteiger partial charge in [-0.05, 0) is 24.1 Å². The lowest BCUT2D eigenvalue weighted by molar-refractivity contribution is 1.15. The molecule has 0 bridgehead atoms. The first-order valence-electron chi connectivity index (χ1n) is 4.55. The van der Waals surface area contributed by atoms with Crippen LogP contribution in [0.25, 0.3) is 0 Å². The second-order valence-corrected chi connectivity index (χ2v) is 3.85. The summed E-state index contributed by atoms with van der Waals surface area (Å²) < 4.78 is 1.03. The summed E-state index contributed by atoms with van der Waals surface area (Å²) in [5.74, 6) is -0.0296. The Labute approximate surface area is 97.2 Å². The summed E-state index contributed by atoms with van der Waals surface area (Å²) >= 11 is 3.37. The quantitative estimate of drug-likeness (QED) is 0.499. The van der Waals surface area contributed by atoms with Crippen LogP contribution >= 0.6 is 15.9 Å². The van der Waals surface area contributed by atoms with E-state index in [0.717, 1.165) is 22.2 Å². The van der Waals surface area contributed by atoms with Crippen LogP contribution in [0, 0.1) is 0 Å². The summed E-state index contributed by atoms with van der Waals surface area (Å²) in [6.45, 7) is 2.00. The van der Waals surface area contributed by atoms with Crippen molar-refractivity contribution < 1.29 is 0 Å². The fourth-order valence-corrected chi connectivity index (χ4v) is 1.36. The maximum atomic E-state index is 5.21. The van der Waals surface area contributed by atoms with Crippen molar-refractivity contribution in [1.29, 1.82) is 0 Å². The first-order chi connectivity index (χ1) is 7.13. The Hall–Kier alpha value is -1.36. The van der Waals surface area contributed by atoms with Gasteiger partial charge in [0.2, 0.25) is 5.96 Å². The van der Waals surface area contributed by atoms with Gasteiger partial charge in [-0.3, -0.25) is 0 Å². The van der Waals surface area contributed by atoms with E-state index >= 15 is 0 Å². The van der Waals surface area contributed by atoms with Crippen molar-refractivity contribution in [2.45, 2.75) is 13.3 Å². The topological polar surface area (TPSA) is 76.8 Å². The van der Waals surface area contributed by atoms with Crippen LogP contribution in [-0.4, -0.2) is 11.7 Å². The number of guanidine groups is 1. The molecule has 1 rings (SSSR count). The van der Waals surface area contributed by atoms with E-state index in [9.17, 15) is 0 Å². The van der Waals surface area contributed by atoms with Crippen LogP contribution < -0.4 is 11.5 Å². The highest BCUT2D eigenvalue weighted by Crippen LogP contribution is 2.12. The lowest BCUT2D eigenvalue weighted by Gasteiger charge is -2.01. The third-order valence-electron chi connectivity index (χ3n) is 1.80. The van der Waals surface area contributed by atoms with E-state index in [2.05, 4.69) is 26.1 Å². The van der Waals surface area contributed by atoms with Crippen LogP contribution in [0.1, 0.15) is 18.9 Å². The van der Waals surface area contributed by atoms with E-state index < -0.39 is 0 Å². The number of benzene rings is 1. The SMILES string of the molecule is CCC(=NN=C(N)N)c1ccc(Br)cc1. The zero-order valence-corrected chi connectivity index (χ0v) is 10.0. The van der Waals surface area contributed by atoms with Gasteiger partial charge in [0.25, 0.3) is 0 Å². The van der Waals surface area contributed by atoms with Gasteiger partial charge in [-0.1, -0.05) is 35.0 Å². The molecule has 0 aliphatic carbocycles. The van der Waals surface area contributed by atoms with E-state index in [1.54, 1.807) is 0 Å². The minimum absolute atomic E-state index is 0.0296. The maximum absolute atomic E-state index is 5.21. The third-order valence-corrected chi connectivity index (χ3v) is 2.33. The fraction of sp³-hybridized carbons (Fsp3) is 0.200. The van der Waals surface area contributed by atoms with Crippen LogP contribution in [-0.2, 0) is 0 Å². The molecule has 80 valence electrons. The molecule has 0 heterocycles. The number of rotatable bonds is 3. The Bertz CT molecular complexity index is 377. The van der Waals surface area contributed by atoms with E-state index in [0.29, 0.717) is 0 Å². The van der Waals surface area contributed by atoms with E-state index in [1.165, 1.54) is 0 Å². The molecule has 4 nitrogen and oxygen atoms in total. The van der Waals surface area contributed by atoms with E-state index in [4.69, 9.17) is 11.5 Å². The lowest BCUT2D eigenvalue weighted by Crippen LogP contribution is -2.22. The minimum Gasteiger partial charge on any atom is -0.369 e. The molecule has 0 aromatic heterocycles. The zero-order chi connectivity index (χ0) is 11.3. The third kappa shape index (κ3) is 3.71. The molecule has 15 heavy (non-hydrogen) atoms. The predicted molar refractivity (Wildman–Crippen MR) is 66.8 cm³/mol. The van der Waals surface area contributed by atoms with Gasteiger partial charge in [0.15, 0.2) is 0 Å². The molecule has 0 radical (unpaired) electrons. The molecule has 0 aliphatic rings. The molecule has 0 atom stereocenters.